The number of amides is 2. The van der Waals surface area contributed by atoms with E-state index in [2.05, 4.69) is 10.6 Å². The Balaban J connectivity index is 1.75. The number of aliphatic carboxylic acids is 1. The van der Waals surface area contributed by atoms with E-state index in [1.165, 1.54) is 0 Å². The number of carbonyl (C=O) groups excluding carboxylic acids is 1. The zero-order valence-electron chi connectivity index (χ0n) is 11.4. The molecular formula is C13H22N2O4. The average molecular weight is 270 g/mol. The molecule has 0 aliphatic carbocycles. The van der Waals surface area contributed by atoms with E-state index >= 15 is 0 Å². The van der Waals surface area contributed by atoms with E-state index < -0.39 is 11.5 Å². The Kier molecular flexibility index (Phi) is 3.99. The van der Waals surface area contributed by atoms with Crippen LogP contribution in [0, 0.1) is 0 Å². The van der Waals surface area contributed by atoms with E-state index in [0.29, 0.717) is 12.5 Å². The minimum atomic E-state index is -0.850. The van der Waals surface area contributed by atoms with Gasteiger partial charge in [-0.3, -0.25) is 4.79 Å². The first-order chi connectivity index (χ1) is 8.85. The summed E-state index contributed by atoms with van der Waals surface area (Å²) in [6, 6.07) is -0.148. The lowest BCUT2D eigenvalue weighted by Gasteiger charge is -2.28. The van der Waals surface area contributed by atoms with E-state index in [1.54, 1.807) is 0 Å². The van der Waals surface area contributed by atoms with Crippen molar-refractivity contribution in [3.8, 4) is 0 Å². The van der Waals surface area contributed by atoms with Gasteiger partial charge < -0.3 is 20.5 Å². The summed E-state index contributed by atoms with van der Waals surface area (Å²) in [6.45, 7) is 3.65. The van der Waals surface area contributed by atoms with Gasteiger partial charge in [0.2, 0.25) is 0 Å². The first kappa shape index (κ1) is 14.1. The maximum atomic E-state index is 11.9. The van der Waals surface area contributed by atoms with Crippen molar-refractivity contribution in [2.75, 3.05) is 0 Å². The molecule has 2 bridgehead atoms. The number of hydrogen-bond donors (Lipinski definition) is 3. The molecule has 2 saturated heterocycles. The van der Waals surface area contributed by atoms with Crippen LogP contribution in [-0.2, 0) is 9.53 Å². The first-order valence-corrected chi connectivity index (χ1v) is 6.82. The summed E-state index contributed by atoms with van der Waals surface area (Å²) in [5.41, 5.74) is -0.527. The molecule has 3 N–H and O–H groups in total. The van der Waals surface area contributed by atoms with Gasteiger partial charge in [-0.25, -0.2) is 4.79 Å². The second-order valence-electron chi connectivity index (χ2n) is 6.09. The third-order valence-electron chi connectivity index (χ3n) is 3.84. The highest BCUT2D eigenvalue weighted by Gasteiger charge is 2.41. The number of nitrogens with one attached hydrogen (secondary N) is 2. The number of ether oxygens (including phenoxy) is 1. The molecule has 0 aromatic rings. The number of fused-ring (bicyclic) bond motifs is 2. The van der Waals surface area contributed by atoms with Gasteiger partial charge in [0.1, 0.15) is 0 Å². The molecule has 19 heavy (non-hydrogen) atoms. The van der Waals surface area contributed by atoms with Crippen LogP contribution in [0.5, 0.6) is 0 Å². The van der Waals surface area contributed by atoms with Crippen molar-refractivity contribution in [3.05, 3.63) is 0 Å². The Morgan fingerprint density at radius 2 is 2.11 bits per heavy atom. The molecule has 2 fully saturated rings. The van der Waals surface area contributed by atoms with Crippen LogP contribution in [-0.4, -0.2) is 40.9 Å². The predicted octanol–water partition coefficient (Wildman–Crippen LogP) is 1.25. The van der Waals surface area contributed by atoms with Gasteiger partial charge in [0.05, 0.1) is 18.2 Å². The Labute approximate surface area is 112 Å². The molecule has 2 aliphatic rings. The lowest BCUT2D eigenvalue weighted by Crippen LogP contribution is -2.53. The molecule has 0 spiro atoms. The van der Waals surface area contributed by atoms with E-state index in [4.69, 9.17) is 9.84 Å². The Hall–Kier alpha value is -1.30. The van der Waals surface area contributed by atoms with Crippen molar-refractivity contribution in [2.45, 2.75) is 69.7 Å². The normalized spacial score (nSPS) is 29.3. The lowest BCUT2D eigenvalue weighted by molar-refractivity contribution is -0.137. The van der Waals surface area contributed by atoms with E-state index in [0.717, 1.165) is 19.3 Å². The second-order valence-corrected chi connectivity index (χ2v) is 6.09. The molecule has 2 heterocycles. The molecule has 0 radical (unpaired) electrons. The standard InChI is InChI=1S/C13H22N2O4/c1-13(2,6-5-11(16)17)15-12(18)14-9-7-8-3-4-10(9)19-8/h8-10H,3-7H2,1-2H3,(H,16,17)(H2,14,15,18). The molecule has 2 amide bonds. The fraction of sp³-hybridized carbons (Fsp3) is 0.846. The van der Waals surface area contributed by atoms with Crippen LogP contribution in [0.15, 0.2) is 0 Å². The number of carboxylic acid groups (broad SMARTS) is 1. The van der Waals surface area contributed by atoms with Gasteiger partial charge in [-0.05, 0) is 39.5 Å². The zero-order valence-corrected chi connectivity index (χ0v) is 11.4. The largest absolute Gasteiger partial charge is 0.481 e. The van der Waals surface area contributed by atoms with Gasteiger partial charge in [0.15, 0.2) is 0 Å². The highest BCUT2D eigenvalue weighted by molar-refractivity contribution is 5.75. The zero-order chi connectivity index (χ0) is 14.0. The highest BCUT2D eigenvalue weighted by atomic mass is 16.5. The van der Waals surface area contributed by atoms with Crippen LogP contribution >= 0.6 is 0 Å². The Morgan fingerprint density at radius 3 is 2.63 bits per heavy atom. The van der Waals surface area contributed by atoms with E-state index in [-0.39, 0.29) is 24.6 Å². The van der Waals surface area contributed by atoms with Gasteiger partial charge in [-0.1, -0.05) is 0 Å². The molecular weight excluding hydrogens is 248 g/mol. The predicted molar refractivity (Wildman–Crippen MR) is 68.9 cm³/mol. The summed E-state index contributed by atoms with van der Waals surface area (Å²) in [4.78, 5) is 22.5. The number of carboxylic acids is 1. The summed E-state index contributed by atoms with van der Waals surface area (Å²) < 4.78 is 5.67. The second kappa shape index (κ2) is 5.36. The van der Waals surface area contributed by atoms with Crippen molar-refractivity contribution in [1.29, 1.82) is 0 Å². The van der Waals surface area contributed by atoms with Gasteiger partial charge in [-0.2, -0.15) is 0 Å². The quantitative estimate of drug-likeness (QED) is 0.701. The lowest BCUT2D eigenvalue weighted by atomic mass is 9.95. The molecule has 108 valence electrons. The monoisotopic (exact) mass is 270 g/mol. The molecule has 3 unspecified atom stereocenters. The number of carbonyl (C=O) groups is 2. The number of hydrogen-bond acceptors (Lipinski definition) is 3. The topological polar surface area (TPSA) is 87.7 Å². The van der Waals surface area contributed by atoms with Gasteiger partial charge >= 0.3 is 12.0 Å². The minimum absolute atomic E-state index is 0.0461. The third kappa shape index (κ3) is 3.83. The van der Waals surface area contributed by atoms with Gasteiger partial charge in [-0.15, -0.1) is 0 Å². The summed E-state index contributed by atoms with van der Waals surface area (Å²) in [7, 11) is 0. The van der Waals surface area contributed by atoms with E-state index in [1.807, 2.05) is 13.8 Å². The van der Waals surface area contributed by atoms with Crippen LogP contribution in [0.25, 0.3) is 0 Å². The number of urea groups is 1. The molecule has 0 aromatic heterocycles. The molecule has 3 atom stereocenters. The number of rotatable bonds is 5. The van der Waals surface area contributed by atoms with Gasteiger partial charge in [0, 0.05) is 12.0 Å². The van der Waals surface area contributed by atoms with Gasteiger partial charge in [0.25, 0.3) is 0 Å². The van der Waals surface area contributed by atoms with Crippen LogP contribution < -0.4 is 10.6 Å². The van der Waals surface area contributed by atoms with Crippen molar-refractivity contribution in [2.24, 2.45) is 0 Å². The first-order valence-electron chi connectivity index (χ1n) is 6.82. The fourth-order valence-corrected chi connectivity index (χ4v) is 2.78. The van der Waals surface area contributed by atoms with Crippen molar-refractivity contribution in [3.63, 3.8) is 0 Å². The maximum absolute atomic E-state index is 11.9. The van der Waals surface area contributed by atoms with Crippen molar-refractivity contribution >= 4 is 12.0 Å². The third-order valence-corrected chi connectivity index (χ3v) is 3.84. The summed E-state index contributed by atoms with van der Waals surface area (Å²) >= 11 is 0. The Bertz CT molecular complexity index is 370. The maximum Gasteiger partial charge on any atom is 0.315 e. The van der Waals surface area contributed by atoms with Crippen LogP contribution in [0.3, 0.4) is 0 Å². The molecule has 6 heteroatoms. The molecule has 0 aromatic carbocycles. The van der Waals surface area contributed by atoms with Crippen LogP contribution in [0.4, 0.5) is 4.79 Å². The van der Waals surface area contributed by atoms with Crippen molar-refractivity contribution in [1.82, 2.24) is 10.6 Å². The van der Waals surface area contributed by atoms with Crippen LogP contribution in [0.1, 0.15) is 46.0 Å². The highest BCUT2D eigenvalue weighted by Crippen LogP contribution is 2.34. The van der Waals surface area contributed by atoms with Crippen LogP contribution in [0.2, 0.25) is 0 Å². The fourth-order valence-electron chi connectivity index (χ4n) is 2.78. The minimum Gasteiger partial charge on any atom is -0.481 e. The molecule has 0 saturated carbocycles. The molecule has 6 nitrogen and oxygen atoms in total. The SMILES string of the molecule is CC(C)(CCC(=O)O)NC(=O)NC1CC2CCC1O2. The summed E-state index contributed by atoms with van der Waals surface area (Å²) in [5.74, 6) is -0.850. The molecule has 2 aliphatic heterocycles. The molecule has 2 rings (SSSR count). The summed E-state index contributed by atoms with van der Waals surface area (Å²) in [5, 5.41) is 14.4. The summed E-state index contributed by atoms with van der Waals surface area (Å²) in [6.07, 6.45) is 3.89. The van der Waals surface area contributed by atoms with E-state index in [9.17, 15) is 9.59 Å². The van der Waals surface area contributed by atoms with Crippen molar-refractivity contribution < 1.29 is 19.4 Å². The Morgan fingerprint density at radius 1 is 1.37 bits per heavy atom. The smallest absolute Gasteiger partial charge is 0.315 e. The average Bonchev–Trinajstić information content (AvgIpc) is 2.87.